The number of nitrogens with two attached hydrogens (primary N) is 1. The first-order valence-electron chi connectivity index (χ1n) is 3.02. The van der Waals surface area contributed by atoms with E-state index in [4.69, 9.17) is 17.3 Å². The lowest BCUT2D eigenvalue weighted by atomic mass is 10.2. The standard InChI is InChI=1S/C7H9ClN2/c1-5-6(4-8)2-3-7(9)10-5/h2-3H,4H2,1H3,(H2,9,10). The van der Waals surface area contributed by atoms with Crippen LogP contribution in [0.5, 0.6) is 0 Å². The zero-order valence-electron chi connectivity index (χ0n) is 5.76. The molecule has 1 aromatic heterocycles. The van der Waals surface area contributed by atoms with Gasteiger partial charge in [-0.3, -0.25) is 0 Å². The third-order valence-corrected chi connectivity index (χ3v) is 1.65. The second-order valence-corrected chi connectivity index (χ2v) is 2.38. The second kappa shape index (κ2) is 2.88. The molecule has 1 heterocycles. The quantitative estimate of drug-likeness (QED) is 0.629. The van der Waals surface area contributed by atoms with Gasteiger partial charge >= 0.3 is 0 Å². The Morgan fingerprint density at radius 3 is 2.80 bits per heavy atom. The predicted molar refractivity (Wildman–Crippen MR) is 42.9 cm³/mol. The number of hydrogen-bond donors (Lipinski definition) is 1. The topological polar surface area (TPSA) is 38.9 Å². The van der Waals surface area contributed by atoms with Gasteiger partial charge in [0.1, 0.15) is 5.82 Å². The van der Waals surface area contributed by atoms with E-state index in [9.17, 15) is 0 Å². The Kier molecular flexibility index (Phi) is 2.12. The predicted octanol–water partition coefficient (Wildman–Crippen LogP) is 1.71. The summed E-state index contributed by atoms with van der Waals surface area (Å²) in [5, 5.41) is 0. The number of alkyl halides is 1. The van der Waals surface area contributed by atoms with Gasteiger partial charge in [-0.2, -0.15) is 0 Å². The number of pyridine rings is 1. The third-order valence-electron chi connectivity index (χ3n) is 1.36. The first kappa shape index (κ1) is 7.35. The van der Waals surface area contributed by atoms with Crippen molar-refractivity contribution < 1.29 is 0 Å². The first-order chi connectivity index (χ1) is 4.74. The first-order valence-corrected chi connectivity index (χ1v) is 3.55. The van der Waals surface area contributed by atoms with Crippen molar-refractivity contribution in [2.75, 3.05) is 5.73 Å². The van der Waals surface area contributed by atoms with E-state index in [-0.39, 0.29) is 0 Å². The van der Waals surface area contributed by atoms with Gasteiger partial charge in [0.15, 0.2) is 0 Å². The van der Waals surface area contributed by atoms with Gasteiger partial charge in [0.05, 0.1) is 0 Å². The van der Waals surface area contributed by atoms with Crippen LogP contribution in [-0.4, -0.2) is 4.98 Å². The molecular formula is C7H9ClN2. The summed E-state index contributed by atoms with van der Waals surface area (Å²) in [6.45, 7) is 1.90. The lowest BCUT2D eigenvalue weighted by Crippen LogP contribution is -1.94. The Balaban J connectivity index is 3.07. The maximum atomic E-state index is 5.60. The smallest absolute Gasteiger partial charge is 0.123 e. The minimum Gasteiger partial charge on any atom is -0.384 e. The molecule has 0 amide bonds. The molecule has 0 radical (unpaired) electrons. The van der Waals surface area contributed by atoms with Crippen LogP contribution in [0.4, 0.5) is 5.82 Å². The summed E-state index contributed by atoms with van der Waals surface area (Å²) in [6.07, 6.45) is 0. The van der Waals surface area contributed by atoms with Crippen LogP contribution in [0.3, 0.4) is 0 Å². The number of hydrogen-bond acceptors (Lipinski definition) is 2. The summed E-state index contributed by atoms with van der Waals surface area (Å²) < 4.78 is 0. The Morgan fingerprint density at radius 1 is 1.60 bits per heavy atom. The van der Waals surface area contributed by atoms with Gasteiger partial charge < -0.3 is 5.73 Å². The van der Waals surface area contributed by atoms with Gasteiger partial charge in [0.2, 0.25) is 0 Å². The highest BCUT2D eigenvalue weighted by molar-refractivity contribution is 6.17. The van der Waals surface area contributed by atoms with E-state index in [0.29, 0.717) is 11.7 Å². The normalized spacial score (nSPS) is 9.80. The number of nitrogen functional groups attached to an aromatic ring is 1. The van der Waals surface area contributed by atoms with Gasteiger partial charge in [0.25, 0.3) is 0 Å². The zero-order chi connectivity index (χ0) is 7.56. The van der Waals surface area contributed by atoms with Gasteiger partial charge in [-0.25, -0.2) is 4.98 Å². The van der Waals surface area contributed by atoms with Gasteiger partial charge in [0, 0.05) is 11.6 Å². The molecule has 0 aliphatic heterocycles. The Bertz CT molecular complexity index is 235. The molecule has 0 fully saturated rings. The average molecular weight is 157 g/mol. The maximum absolute atomic E-state index is 5.60. The van der Waals surface area contributed by atoms with E-state index in [1.807, 2.05) is 13.0 Å². The maximum Gasteiger partial charge on any atom is 0.123 e. The van der Waals surface area contributed by atoms with E-state index in [0.717, 1.165) is 11.3 Å². The van der Waals surface area contributed by atoms with E-state index in [1.165, 1.54) is 0 Å². The minimum absolute atomic E-state index is 0.499. The fraction of sp³-hybridized carbons (Fsp3) is 0.286. The summed E-state index contributed by atoms with van der Waals surface area (Å²) in [5.74, 6) is 1.05. The molecule has 0 spiro atoms. The molecule has 1 rings (SSSR count). The number of aryl methyl sites for hydroxylation is 1. The SMILES string of the molecule is Cc1nc(N)ccc1CCl. The molecule has 0 aliphatic carbocycles. The molecule has 0 atom stereocenters. The van der Waals surface area contributed by atoms with Crippen LogP contribution in [0.25, 0.3) is 0 Å². The average Bonchev–Trinajstić information content (AvgIpc) is 1.88. The molecule has 0 bridgehead atoms. The van der Waals surface area contributed by atoms with E-state index in [1.54, 1.807) is 6.07 Å². The van der Waals surface area contributed by atoms with Crippen molar-refractivity contribution in [3.8, 4) is 0 Å². The Hall–Kier alpha value is -0.760. The summed E-state index contributed by atoms with van der Waals surface area (Å²) in [6, 6.07) is 3.65. The van der Waals surface area contributed by atoms with Crippen molar-refractivity contribution in [3.05, 3.63) is 23.4 Å². The van der Waals surface area contributed by atoms with E-state index in [2.05, 4.69) is 4.98 Å². The molecule has 54 valence electrons. The largest absolute Gasteiger partial charge is 0.384 e. The highest BCUT2D eigenvalue weighted by Gasteiger charge is 1.96. The Labute approximate surface area is 65.0 Å². The lowest BCUT2D eigenvalue weighted by Gasteiger charge is -1.99. The summed E-state index contributed by atoms with van der Waals surface area (Å²) >= 11 is 5.60. The third kappa shape index (κ3) is 1.39. The van der Waals surface area contributed by atoms with Crippen molar-refractivity contribution >= 4 is 17.4 Å². The van der Waals surface area contributed by atoms with Gasteiger partial charge in [-0.15, -0.1) is 11.6 Å². The van der Waals surface area contributed by atoms with Gasteiger partial charge in [-0.05, 0) is 18.6 Å². The molecule has 0 saturated heterocycles. The highest BCUT2D eigenvalue weighted by Crippen LogP contribution is 2.09. The van der Waals surface area contributed by atoms with Crippen LogP contribution in [0.15, 0.2) is 12.1 Å². The monoisotopic (exact) mass is 156 g/mol. The molecule has 0 aliphatic rings. The highest BCUT2D eigenvalue weighted by atomic mass is 35.5. The van der Waals surface area contributed by atoms with Crippen LogP contribution >= 0.6 is 11.6 Å². The van der Waals surface area contributed by atoms with Crippen molar-refractivity contribution in [2.45, 2.75) is 12.8 Å². The molecule has 0 unspecified atom stereocenters. The zero-order valence-corrected chi connectivity index (χ0v) is 6.52. The van der Waals surface area contributed by atoms with Crippen LogP contribution in [0.1, 0.15) is 11.3 Å². The van der Waals surface area contributed by atoms with Crippen molar-refractivity contribution in [3.63, 3.8) is 0 Å². The van der Waals surface area contributed by atoms with Crippen LogP contribution in [-0.2, 0) is 5.88 Å². The van der Waals surface area contributed by atoms with Crippen molar-refractivity contribution in [1.82, 2.24) is 4.98 Å². The van der Waals surface area contributed by atoms with Crippen LogP contribution in [0, 0.1) is 6.92 Å². The molecular weight excluding hydrogens is 148 g/mol. The van der Waals surface area contributed by atoms with Gasteiger partial charge in [-0.1, -0.05) is 6.07 Å². The molecule has 0 saturated carbocycles. The van der Waals surface area contributed by atoms with Crippen molar-refractivity contribution in [1.29, 1.82) is 0 Å². The molecule has 0 aromatic carbocycles. The molecule has 10 heavy (non-hydrogen) atoms. The number of halogens is 1. The molecule has 3 heteroatoms. The molecule has 2 nitrogen and oxygen atoms in total. The van der Waals surface area contributed by atoms with E-state index >= 15 is 0 Å². The summed E-state index contributed by atoms with van der Waals surface area (Å²) in [7, 11) is 0. The van der Waals surface area contributed by atoms with Crippen LogP contribution in [0.2, 0.25) is 0 Å². The summed E-state index contributed by atoms with van der Waals surface area (Å²) in [5.41, 5.74) is 7.38. The second-order valence-electron chi connectivity index (χ2n) is 2.11. The molecule has 1 aromatic rings. The number of rotatable bonds is 1. The van der Waals surface area contributed by atoms with Crippen LogP contribution < -0.4 is 5.73 Å². The number of anilines is 1. The number of nitrogens with zero attached hydrogens (tertiary/aromatic N) is 1. The molecule has 2 N–H and O–H groups in total. The fourth-order valence-corrected chi connectivity index (χ4v) is 1.03. The summed E-state index contributed by atoms with van der Waals surface area (Å²) in [4.78, 5) is 4.04. The minimum atomic E-state index is 0.499. The Morgan fingerprint density at radius 2 is 2.30 bits per heavy atom. The lowest BCUT2D eigenvalue weighted by molar-refractivity contribution is 1.14. The van der Waals surface area contributed by atoms with E-state index < -0.39 is 0 Å². The van der Waals surface area contributed by atoms with Crippen molar-refractivity contribution in [2.24, 2.45) is 0 Å². The fourth-order valence-electron chi connectivity index (χ4n) is 0.751. The number of aromatic nitrogens is 1.